The van der Waals surface area contributed by atoms with Crippen LogP contribution in [-0.4, -0.2) is 21.9 Å². The minimum absolute atomic E-state index is 0.0608. The minimum atomic E-state index is -0.426. The van der Waals surface area contributed by atoms with Crippen molar-refractivity contribution in [3.63, 3.8) is 0 Å². The summed E-state index contributed by atoms with van der Waals surface area (Å²) in [5.74, 6) is 0.575. The summed E-state index contributed by atoms with van der Waals surface area (Å²) in [5.41, 5.74) is 7.35. The largest absolute Gasteiger partial charge is 0.342 e. The quantitative estimate of drug-likeness (QED) is 0.677. The molecule has 104 valence electrons. The lowest BCUT2D eigenvalue weighted by Gasteiger charge is -2.18. The summed E-state index contributed by atoms with van der Waals surface area (Å²) in [5, 5.41) is 10.6. The van der Waals surface area contributed by atoms with E-state index in [1.807, 2.05) is 18.9 Å². The number of benzene rings is 1. The summed E-state index contributed by atoms with van der Waals surface area (Å²) in [4.78, 5) is 20.4. The lowest BCUT2D eigenvalue weighted by molar-refractivity contribution is -0.384. The van der Waals surface area contributed by atoms with Crippen molar-refractivity contribution in [1.29, 1.82) is 0 Å². The Morgan fingerprint density at radius 2 is 1.75 bits per heavy atom. The van der Waals surface area contributed by atoms with E-state index in [0.717, 1.165) is 11.4 Å². The second kappa shape index (κ2) is 5.62. The van der Waals surface area contributed by atoms with E-state index < -0.39 is 4.92 Å². The maximum Gasteiger partial charge on any atom is 0.269 e. The zero-order chi connectivity index (χ0) is 14.7. The van der Waals surface area contributed by atoms with Gasteiger partial charge in [0.1, 0.15) is 5.82 Å². The van der Waals surface area contributed by atoms with Gasteiger partial charge < -0.3 is 10.6 Å². The van der Waals surface area contributed by atoms with Crippen LogP contribution in [0.5, 0.6) is 0 Å². The van der Waals surface area contributed by atoms with Crippen LogP contribution < -0.4 is 10.6 Å². The summed E-state index contributed by atoms with van der Waals surface area (Å²) < 4.78 is 0. The number of non-ortho nitro benzene ring substituents is 1. The first-order chi connectivity index (χ1) is 9.49. The second-order valence-electron chi connectivity index (χ2n) is 4.42. The SMILES string of the molecule is CC(N)c1ncc(N(C)c2ccc([N+](=O)[O-])cc2)cn1. The molecule has 2 rings (SSSR count). The molecule has 1 aromatic carbocycles. The monoisotopic (exact) mass is 273 g/mol. The Hall–Kier alpha value is -2.54. The molecule has 1 atom stereocenters. The van der Waals surface area contributed by atoms with E-state index in [1.165, 1.54) is 12.1 Å². The lowest BCUT2D eigenvalue weighted by atomic mass is 10.2. The van der Waals surface area contributed by atoms with Gasteiger partial charge in [-0.3, -0.25) is 10.1 Å². The number of nitro groups is 1. The van der Waals surface area contributed by atoms with Crippen LogP contribution in [0.3, 0.4) is 0 Å². The molecule has 20 heavy (non-hydrogen) atoms. The van der Waals surface area contributed by atoms with E-state index in [-0.39, 0.29) is 11.7 Å². The van der Waals surface area contributed by atoms with Gasteiger partial charge in [0.2, 0.25) is 0 Å². The van der Waals surface area contributed by atoms with Crippen molar-refractivity contribution in [2.75, 3.05) is 11.9 Å². The molecule has 7 heteroatoms. The van der Waals surface area contributed by atoms with E-state index in [2.05, 4.69) is 9.97 Å². The number of nitro benzene ring substituents is 1. The van der Waals surface area contributed by atoms with Crippen molar-refractivity contribution in [2.45, 2.75) is 13.0 Å². The smallest absolute Gasteiger partial charge is 0.269 e. The van der Waals surface area contributed by atoms with Gasteiger partial charge in [0.15, 0.2) is 0 Å². The summed E-state index contributed by atoms with van der Waals surface area (Å²) in [6.07, 6.45) is 3.35. The first-order valence-corrected chi connectivity index (χ1v) is 6.04. The first kappa shape index (κ1) is 13.9. The fourth-order valence-corrected chi connectivity index (χ4v) is 1.69. The van der Waals surface area contributed by atoms with Crippen LogP contribution in [0.2, 0.25) is 0 Å². The molecule has 1 heterocycles. The van der Waals surface area contributed by atoms with Crippen LogP contribution in [0.1, 0.15) is 18.8 Å². The van der Waals surface area contributed by atoms with Crippen LogP contribution >= 0.6 is 0 Å². The number of aromatic nitrogens is 2. The zero-order valence-electron chi connectivity index (χ0n) is 11.2. The lowest BCUT2D eigenvalue weighted by Crippen LogP contribution is -2.13. The second-order valence-corrected chi connectivity index (χ2v) is 4.42. The molecule has 1 aromatic heterocycles. The van der Waals surface area contributed by atoms with E-state index in [9.17, 15) is 10.1 Å². The minimum Gasteiger partial charge on any atom is -0.342 e. The van der Waals surface area contributed by atoms with Crippen LogP contribution in [0.4, 0.5) is 17.1 Å². The maximum absolute atomic E-state index is 10.6. The molecule has 0 aliphatic rings. The van der Waals surface area contributed by atoms with Gasteiger partial charge in [-0.2, -0.15) is 0 Å². The topological polar surface area (TPSA) is 98.2 Å². The molecule has 1 unspecified atom stereocenters. The van der Waals surface area contributed by atoms with Gasteiger partial charge in [-0.05, 0) is 19.1 Å². The Morgan fingerprint density at radius 1 is 1.20 bits per heavy atom. The van der Waals surface area contributed by atoms with Crippen molar-refractivity contribution in [3.8, 4) is 0 Å². The van der Waals surface area contributed by atoms with Crippen LogP contribution in [0.15, 0.2) is 36.7 Å². The summed E-state index contributed by atoms with van der Waals surface area (Å²) in [6, 6.07) is 6.06. The number of nitrogens with zero attached hydrogens (tertiary/aromatic N) is 4. The maximum atomic E-state index is 10.6. The Labute approximate surface area is 116 Å². The molecule has 0 fully saturated rings. The molecule has 0 amide bonds. The number of hydrogen-bond donors (Lipinski definition) is 1. The predicted molar refractivity (Wildman–Crippen MR) is 75.8 cm³/mol. The molecule has 0 saturated heterocycles. The third-order valence-electron chi connectivity index (χ3n) is 2.90. The number of hydrogen-bond acceptors (Lipinski definition) is 6. The molecule has 0 saturated carbocycles. The average molecular weight is 273 g/mol. The molecule has 0 spiro atoms. The van der Waals surface area contributed by atoms with Crippen molar-refractivity contribution < 1.29 is 4.92 Å². The van der Waals surface area contributed by atoms with Gasteiger partial charge >= 0.3 is 0 Å². The fourth-order valence-electron chi connectivity index (χ4n) is 1.69. The Bertz CT molecular complexity index is 595. The van der Waals surface area contributed by atoms with Crippen LogP contribution in [-0.2, 0) is 0 Å². The average Bonchev–Trinajstić information content (AvgIpc) is 2.46. The molecule has 0 radical (unpaired) electrons. The molecular formula is C13H15N5O2. The van der Waals surface area contributed by atoms with Gasteiger partial charge in [0.25, 0.3) is 5.69 Å². The van der Waals surface area contributed by atoms with E-state index in [0.29, 0.717) is 5.82 Å². The third kappa shape index (κ3) is 2.89. The molecule has 2 aromatic rings. The highest BCUT2D eigenvalue weighted by Gasteiger charge is 2.09. The molecule has 0 aliphatic carbocycles. The van der Waals surface area contributed by atoms with Crippen LogP contribution in [0, 0.1) is 10.1 Å². The van der Waals surface area contributed by atoms with E-state index in [1.54, 1.807) is 24.5 Å². The summed E-state index contributed by atoms with van der Waals surface area (Å²) in [7, 11) is 1.84. The highest BCUT2D eigenvalue weighted by Crippen LogP contribution is 2.24. The van der Waals surface area contributed by atoms with Crippen molar-refractivity contribution >= 4 is 17.1 Å². The Balaban J connectivity index is 2.21. The number of rotatable bonds is 4. The molecular weight excluding hydrogens is 258 g/mol. The van der Waals surface area contributed by atoms with E-state index in [4.69, 9.17) is 5.73 Å². The Kier molecular flexibility index (Phi) is 3.90. The number of nitrogens with two attached hydrogens (primary N) is 1. The molecule has 7 nitrogen and oxygen atoms in total. The van der Waals surface area contributed by atoms with E-state index >= 15 is 0 Å². The Morgan fingerprint density at radius 3 is 2.20 bits per heavy atom. The van der Waals surface area contributed by atoms with Gasteiger partial charge in [-0.15, -0.1) is 0 Å². The van der Waals surface area contributed by atoms with Gasteiger partial charge in [0.05, 0.1) is 29.0 Å². The van der Waals surface area contributed by atoms with Crippen LogP contribution in [0.25, 0.3) is 0 Å². The zero-order valence-corrected chi connectivity index (χ0v) is 11.2. The summed E-state index contributed by atoms with van der Waals surface area (Å²) in [6.45, 7) is 1.81. The third-order valence-corrected chi connectivity index (χ3v) is 2.90. The first-order valence-electron chi connectivity index (χ1n) is 6.04. The highest BCUT2D eigenvalue weighted by atomic mass is 16.6. The fraction of sp³-hybridized carbons (Fsp3) is 0.231. The highest BCUT2D eigenvalue weighted by molar-refractivity contribution is 5.62. The van der Waals surface area contributed by atoms with Crippen molar-refractivity contribution in [3.05, 3.63) is 52.6 Å². The standard InChI is InChI=1S/C13H15N5O2/c1-9(14)13-15-7-12(8-16-13)17(2)10-3-5-11(6-4-10)18(19)20/h3-9H,14H2,1-2H3. The van der Waals surface area contributed by atoms with Gasteiger partial charge in [-0.25, -0.2) is 9.97 Å². The predicted octanol–water partition coefficient (Wildman–Crippen LogP) is 2.17. The number of anilines is 2. The van der Waals surface area contributed by atoms with Crippen molar-refractivity contribution in [1.82, 2.24) is 9.97 Å². The van der Waals surface area contributed by atoms with Crippen molar-refractivity contribution in [2.24, 2.45) is 5.73 Å². The summed E-state index contributed by atoms with van der Waals surface area (Å²) >= 11 is 0. The molecule has 0 aliphatic heterocycles. The van der Waals surface area contributed by atoms with Gasteiger partial charge in [0, 0.05) is 24.9 Å². The normalized spacial score (nSPS) is 11.9. The molecule has 0 bridgehead atoms. The van der Waals surface area contributed by atoms with Gasteiger partial charge in [-0.1, -0.05) is 0 Å². The molecule has 2 N–H and O–H groups in total.